The van der Waals surface area contributed by atoms with Gasteiger partial charge in [0.25, 0.3) is 0 Å². The Kier molecular flexibility index (Phi) is 5.84. The maximum atomic E-state index is 10.8. The van der Waals surface area contributed by atoms with Gasteiger partial charge in [-0.2, -0.15) is 13.2 Å². The maximum Gasteiger partial charge on any atom is 0.511 e. The third-order valence-corrected chi connectivity index (χ3v) is 2.46. The van der Waals surface area contributed by atoms with Crippen LogP contribution in [0.15, 0.2) is 0 Å². The van der Waals surface area contributed by atoms with Crippen molar-refractivity contribution in [1.29, 1.82) is 0 Å². The molecule has 0 amide bonds. The van der Waals surface area contributed by atoms with Gasteiger partial charge in [0.2, 0.25) is 0 Å². The minimum absolute atomic E-state index is 0. The van der Waals surface area contributed by atoms with Crippen LogP contribution < -0.4 is 10.9 Å². The summed E-state index contributed by atoms with van der Waals surface area (Å²) in [7, 11) is -5.34. The molecule has 8 heteroatoms. The van der Waals surface area contributed by atoms with E-state index in [1.54, 1.807) is 0 Å². The predicted molar refractivity (Wildman–Crippen MR) is 52.3 cm³/mol. The van der Waals surface area contributed by atoms with Crippen molar-refractivity contribution in [3.63, 3.8) is 0 Å². The summed E-state index contributed by atoms with van der Waals surface area (Å²) in [6, 6.07) is 0. The standard InChI is InChI=1S/C6H15N.CH2F3NO2S/c1-5(2)6(3,4)7;2-1(3,4)8(5,6)7/h5H,7H2,1-4H3;(H2,5,6,7). The number of halogens is 3. The van der Waals surface area contributed by atoms with E-state index in [4.69, 9.17) is 5.73 Å². The zero-order valence-electron chi connectivity index (χ0n) is 9.09. The second kappa shape index (κ2) is 5.13. The van der Waals surface area contributed by atoms with Crippen molar-refractivity contribution in [2.45, 2.75) is 38.7 Å². The van der Waals surface area contributed by atoms with Crippen molar-refractivity contribution < 1.29 is 21.6 Å². The molecule has 0 radical (unpaired) electrons. The van der Waals surface area contributed by atoms with Crippen LogP contribution in [-0.2, 0) is 10.0 Å². The van der Waals surface area contributed by atoms with E-state index in [1.165, 1.54) is 0 Å². The molecule has 0 aliphatic rings. The molecule has 94 valence electrons. The molecule has 0 fully saturated rings. The second-order valence-electron chi connectivity index (χ2n) is 3.97. The first kappa shape index (κ1) is 17.1. The van der Waals surface area contributed by atoms with Gasteiger partial charge in [-0.05, 0) is 19.8 Å². The average Bonchev–Trinajstić information content (AvgIpc) is 1.80. The molecule has 0 aliphatic carbocycles. The zero-order valence-corrected chi connectivity index (χ0v) is 9.91. The van der Waals surface area contributed by atoms with E-state index in [9.17, 15) is 21.6 Å². The molecule has 0 rings (SSSR count). The Morgan fingerprint density at radius 3 is 1.27 bits per heavy atom. The monoisotopic (exact) mass is 250 g/mol. The van der Waals surface area contributed by atoms with Crippen LogP contribution in [0, 0.1) is 5.92 Å². The van der Waals surface area contributed by atoms with Gasteiger partial charge in [0.1, 0.15) is 0 Å². The van der Waals surface area contributed by atoms with Crippen molar-refractivity contribution in [2.75, 3.05) is 0 Å². The summed E-state index contributed by atoms with van der Waals surface area (Å²) in [6.07, 6.45) is 0. The van der Waals surface area contributed by atoms with Crippen LogP contribution in [0.3, 0.4) is 0 Å². The van der Waals surface area contributed by atoms with E-state index in [1.807, 2.05) is 13.8 Å². The third-order valence-electron chi connectivity index (χ3n) is 1.81. The first-order valence-electron chi connectivity index (χ1n) is 4.07. The number of primary sulfonamides is 1. The minimum atomic E-state index is -5.34. The molecule has 0 bridgehead atoms. The lowest BCUT2D eigenvalue weighted by Crippen LogP contribution is -2.37. The molecule has 0 aliphatic heterocycles. The molecule has 0 aromatic carbocycles. The summed E-state index contributed by atoms with van der Waals surface area (Å²) in [4.78, 5) is 0. The molecule has 0 spiro atoms. The Balaban J connectivity index is 0. The highest BCUT2D eigenvalue weighted by molar-refractivity contribution is 7.90. The first-order valence-corrected chi connectivity index (χ1v) is 5.62. The molecule has 0 aromatic heterocycles. The molecule has 0 saturated heterocycles. The summed E-state index contributed by atoms with van der Waals surface area (Å²) in [5, 5.41) is 3.66. The summed E-state index contributed by atoms with van der Waals surface area (Å²) >= 11 is 0. The van der Waals surface area contributed by atoms with Crippen molar-refractivity contribution in [3.8, 4) is 0 Å². The van der Waals surface area contributed by atoms with Gasteiger partial charge in [0.15, 0.2) is 0 Å². The van der Waals surface area contributed by atoms with Gasteiger partial charge in [-0.15, -0.1) is 0 Å². The summed E-state index contributed by atoms with van der Waals surface area (Å²) < 4.78 is 51.2. The minimum Gasteiger partial charge on any atom is -0.325 e. The predicted octanol–water partition coefficient (Wildman–Crippen LogP) is 1.17. The van der Waals surface area contributed by atoms with Crippen LogP contribution >= 0.6 is 0 Å². The molecular formula is C7H17F3N2O2S. The van der Waals surface area contributed by atoms with Crippen LogP contribution in [0.2, 0.25) is 0 Å². The van der Waals surface area contributed by atoms with Gasteiger partial charge in [-0.3, -0.25) is 0 Å². The first-order chi connectivity index (χ1) is 6.19. The number of hydrogen-bond acceptors (Lipinski definition) is 3. The lowest BCUT2D eigenvalue weighted by Gasteiger charge is -2.22. The fraction of sp³-hybridized carbons (Fsp3) is 1.00. The van der Waals surface area contributed by atoms with Crippen LogP contribution in [0.25, 0.3) is 0 Å². The van der Waals surface area contributed by atoms with E-state index in [0.717, 1.165) is 0 Å². The van der Waals surface area contributed by atoms with E-state index >= 15 is 0 Å². The van der Waals surface area contributed by atoms with Crippen molar-refractivity contribution >= 4 is 10.0 Å². The fourth-order valence-corrected chi connectivity index (χ4v) is 0. The van der Waals surface area contributed by atoms with Crippen molar-refractivity contribution in [1.82, 2.24) is 0 Å². The molecule has 0 unspecified atom stereocenters. The summed E-state index contributed by atoms with van der Waals surface area (Å²) in [5.74, 6) is 0.576. The van der Waals surface area contributed by atoms with Crippen molar-refractivity contribution in [2.24, 2.45) is 16.8 Å². The highest BCUT2D eigenvalue weighted by Gasteiger charge is 2.42. The largest absolute Gasteiger partial charge is 0.511 e. The highest BCUT2D eigenvalue weighted by atomic mass is 32.2. The molecular weight excluding hydrogens is 233 g/mol. The zero-order chi connectivity index (χ0) is 13.1. The number of hydrogen-bond donors (Lipinski definition) is 2. The number of sulfonamides is 1. The smallest absolute Gasteiger partial charge is 0.325 e. The van der Waals surface area contributed by atoms with Crippen LogP contribution in [0.5, 0.6) is 0 Å². The average molecular weight is 250 g/mol. The Morgan fingerprint density at radius 2 is 1.27 bits per heavy atom. The van der Waals surface area contributed by atoms with Crippen LogP contribution in [0.1, 0.15) is 27.7 Å². The van der Waals surface area contributed by atoms with E-state index < -0.39 is 15.5 Å². The van der Waals surface area contributed by atoms with Gasteiger partial charge in [-0.25, -0.2) is 13.6 Å². The van der Waals surface area contributed by atoms with Gasteiger partial charge < -0.3 is 5.73 Å². The van der Waals surface area contributed by atoms with Gasteiger partial charge in [0, 0.05) is 5.54 Å². The second-order valence-corrected chi connectivity index (χ2v) is 5.52. The number of rotatable bonds is 1. The third kappa shape index (κ3) is 8.64. The van der Waals surface area contributed by atoms with Gasteiger partial charge >= 0.3 is 15.5 Å². The maximum absolute atomic E-state index is 10.8. The SMILES string of the molecule is CC(C)C(C)(C)N.NS(=O)(=O)C(F)(F)F. The normalized spacial score (nSPS) is 13.5. The molecule has 0 heterocycles. The highest BCUT2D eigenvalue weighted by Crippen LogP contribution is 2.18. The number of alkyl halides is 3. The van der Waals surface area contributed by atoms with E-state index in [-0.39, 0.29) is 5.54 Å². The van der Waals surface area contributed by atoms with Crippen molar-refractivity contribution in [3.05, 3.63) is 0 Å². The number of nitrogens with two attached hydrogens (primary N) is 2. The summed E-state index contributed by atoms with van der Waals surface area (Å²) in [5.41, 5.74) is 0.366. The molecule has 15 heavy (non-hydrogen) atoms. The molecule has 0 saturated carbocycles. The molecule has 0 aromatic rings. The summed E-state index contributed by atoms with van der Waals surface area (Å²) in [6.45, 7) is 8.33. The lowest BCUT2D eigenvalue weighted by atomic mass is 9.92. The molecule has 4 N–H and O–H groups in total. The topological polar surface area (TPSA) is 86.2 Å². The fourth-order valence-electron chi connectivity index (χ4n) is 0. The Hall–Kier alpha value is -0.340. The Morgan fingerprint density at radius 1 is 1.13 bits per heavy atom. The van der Waals surface area contributed by atoms with Gasteiger partial charge in [-0.1, -0.05) is 13.8 Å². The molecule has 0 atom stereocenters. The van der Waals surface area contributed by atoms with E-state index in [0.29, 0.717) is 5.92 Å². The van der Waals surface area contributed by atoms with Crippen LogP contribution in [0.4, 0.5) is 13.2 Å². The molecule has 4 nitrogen and oxygen atoms in total. The van der Waals surface area contributed by atoms with Crippen LogP contribution in [-0.4, -0.2) is 19.5 Å². The van der Waals surface area contributed by atoms with Gasteiger partial charge in [0.05, 0.1) is 0 Å². The Bertz CT molecular complexity index is 278. The quantitative estimate of drug-likeness (QED) is 0.732. The lowest BCUT2D eigenvalue weighted by molar-refractivity contribution is -0.0436. The van der Waals surface area contributed by atoms with E-state index in [2.05, 4.69) is 19.0 Å². The Labute approximate surface area is 87.9 Å².